The van der Waals surface area contributed by atoms with Gasteiger partial charge >= 0.3 is 0 Å². The monoisotopic (exact) mass is 318 g/mol. The molecule has 3 nitrogen and oxygen atoms in total. The maximum absolute atomic E-state index is 12.9. The molecule has 0 aromatic carbocycles. The molecule has 2 aromatic heterocycles. The van der Waals surface area contributed by atoms with Gasteiger partial charge in [0.1, 0.15) is 4.83 Å². The van der Waals surface area contributed by atoms with E-state index in [4.69, 9.17) is 4.98 Å². The Morgan fingerprint density at radius 2 is 2.33 bits per heavy atom. The molecule has 0 saturated carbocycles. The summed E-state index contributed by atoms with van der Waals surface area (Å²) in [6, 6.07) is 0. The van der Waals surface area contributed by atoms with Crippen LogP contribution in [0.4, 0.5) is 0 Å². The van der Waals surface area contributed by atoms with Gasteiger partial charge in [0.2, 0.25) is 0 Å². The molecular weight excluding hydrogens is 300 g/mol. The number of aromatic nitrogens is 2. The second kappa shape index (κ2) is 5.81. The molecule has 0 radical (unpaired) electrons. The van der Waals surface area contributed by atoms with Gasteiger partial charge in [-0.1, -0.05) is 30.0 Å². The topological polar surface area (TPSA) is 34.9 Å². The Morgan fingerprint density at radius 1 is 1.52 bits per heavy atom. The summed E-state index contributed by atoms with van der Waals surface area (Å²) in [5, 5.41) is 1.62. The average molecular weight is 318 g/mol. The molecule has 2 aromatic rings. The Morgan fingerprint density at radius 3 is 3.05 bits per heavy atom. The fraction of sp³-hybridized carbons (Fsp3) is 0.375. The smallest absolute Gasteiger partial charge is 0.263 e. The summed E-state index contributed by atoms with van der Waals surface area (Å²) in [5.41, 5.74) is 2.29. The summed E-state index contributed by atoms with van der Waals surface area (Å²) >= 11 is 3.25. The molecular formula is C16H18N2OS2. The number of hydrogen-bond acceptors (Lipinski definition) is 4. The van der Waals surface area contributed by atoms with Crippen LogP contribution in [-0.2, 0) is 19.4 Å². The summed E-state index contributed by atoms with van der Waals surface area (Å²) in [7, 11) is 0. The zero-order valence-corrected chi connectivity index (χ0v) is 13.8. The van der Waals surface area contributed by atoms with Crippen molar-refractivity contribution in [1.29, 1.82) is 0 Å². The maximum atomic E-state index is 12.9. The third-order valence-corrected chi connectivity index (χ3v) is 5.71. The standard InChI is InChI=1S/C16H18N2OS2/c1-4-8-20-16-17-14-13(11-6-5-7-12(11)21-14)15(19)18(16)9-10(2)3/h4H,1-2,5-9H2,3H3. The Hall–Kier alpha value is -1.33. The van der Waals surface area contributed by atoms with Gasteiger partial charge in [-0.15, -0.1) is 17.9 Å². The van der Waals surface area contributed by atoms with Crippen molar-refractivity contribution in [3.05, 3.63) is 45.6 Å². The second-order valence-electron chi connectivity index (χ2n) is 5.38. The second-order valence-corrected chi connectivity index (χ2v) is 7.45. The van der Waals surface area contributed by atoms with Crippen molar-refractivity contribution >= 4 is 33.3 Å². The van der Waals surface area contributed by atoms with Crippen LogP contribution in [0.15, 0.2) is 34.8 Å². The van der Waals surface area contributed by atoms with Gasteiger partial charge in [0.05, 0.1) is 5.39 Å². The number of hydrogen-bond donors (Lipinski definition) is 0. The quantitative estimate of drug-likeness (QED) is 0.478. The van der Waals surface area contributed by atoms with Gasteiger partial charge in [-0.25, -0.2) is 4.98 Å². The van der Waals surface area contributed by atoms with Crippen LogP contribution in [0, 0.1) is 0 Å². The van der Waals surface area contributed by atoms with E-state index in [9.17, 15) is 4.79 Å². The van der Waals surface area contributed by atoms with E-state index < -0.39 is 0 Å². The van der Waals surface area contributed by atoms with Crippen LogP contribution in [0.25, 0.3) is 10.2 Å². The highest BCUT2D eigenvalue weighted by Gasteiger charge is 2.23. The van der Waals surface area contributed by atoms with Crippen molar-refractivity contribution in [3.8, 4) is 0 Å². The highest BCUT2D eigenvalue weighted by molar-refractivity contribution is 7.99. The first-order valence-electron chi connectivity index (χ1n) is 7.05. The van der Waals surface area contributed by atoms with E-state index in [1.54, 1.807) is 27.7 Å². The first-order valence-corrected chi connectivity index (χ1v) is 8.85. The molecule has 0 unspecified atom stereocenters. The zero-order chi connectivity index (χ0) is 15.0. The first-order chi connectivity index (χ1) is 10.1. The molecule has 0 atom stereocenters. The molecule has 0 aliphatic heterocycles. The average Bonchev–Trinajstić information content (AvgIpc) is 2.99. The van der Waals surface area contributed by atoms with Crippen LogP contribution in [0.1, 0.15) is 23.8 Å². The summed E-state index contributed by atoms with van der Waals surface area (Å²) in [6.45, 7) is 10.2. The molecule has 1 aliphatic carbocycles. The predicted molar refractivity (Wildman–Crippen MR) is 91.6 cm³/mol. The third-order valence-electron chi connectivity index (χ3n) is 3.55. The molecule has 0 amide bonds. The number of fused-ring (bicyclic) bond motifs is 3. The highest BCUT2D eigenvalue weighted by atomic mass is 32.2. The lowest BCUT2D eigenvalue weighted by Crippen LogP contribution is -2.24. The minimum atomic E-state index is 0.0916. The largest absolute Gasteiger partial charge is 0.283 e. The lowest BCUT2D eigenvalue weighted by molar-refractivity contribution is 0.652. The predicted octanol–water partition coefficient (Wildman–Crippen LogP) is 3.80. The summed E-state index contributed by atoms with van der Waals surface area (Å²) in [5.74, 6) is 0.749. The summed E-state index contributed by atoms with van der Waals surface area (Å²) in [6.07, 6.45) is 5.09. The van der Waals surface area contributed by atoms with Crippen LogP contribution in [0.5, 0.6) is 0 Å². The first kappa shape index (κ1) is 14.6. The molecule has 0 N–H and O–H groups in total. The van der Waals surface area contributed by atoms with Gasteiger partial charge in [0.15, 0.2) is 5.16 Å². The number of nitrogens with zero attached hydrogens (tertiary/aromatic N) is 2. The number of rotatable bonds is 5. The van der Waals surface area contributed by atoms with Crippen molar-refractivity contribution in [2.45, 2.75) is 37.9 Å². The Balaban J connectivity index is 2.22. The van der Waals surface area contributed by atoms with Crippen LogP contribution in [0.2, 0.25) is 0 Å². The third kappa shape index (κ3) is 2.60. The molecule has 0 saturated heterocycles. The van der Waals surface area contributed by atoms with E-state index >= 15 is 0 Å². The molecule has 0 bridgehead atoms. The number of allylic oxidation sites excluding steroid dienone is 1. The van der Waals surface area contributed by atoms with Crippen molar-refractivity contribution in [1.82, 2.24) is 9.55 Å². The van der Waals surface area contributed by atoms with E-state index in [1.807, 2.05) is 13.0 Å². The van der Waals surface area contributed by atoms with Crippen molar-refractivity contribution < 1.29 is 0 Å². The van der Waals surface area contributed by atoms with E-state index in [0.29, 0.717) is 6.54 Å². The van der Waals surface area contributed by atoms with Crippen LogP contribution < -0.4 is 5.56 Å². The van der Waals surface area contributed by atoms with Gasteiger partial charge in [0, 0.05) is 17.2 Å². The number of thioether (sulfide) groups is 1. The van der Waals surface area contributed by atoms with Crippen molar-refractivity contribution in [2.75, 3.05) is 5.75 Å². The Kier molecular flexibility index (Phi) is 4.04. The van der Waals surface area contributed by atoms with Gasteiger partial charge in [-0.05, 0) is 31.7 Å². The summed E-state index contributed by atoms with van der Waals surface area (Å²) < 4.78 is 1.77. The van der Waals surface area contributed by atoms with E-state index in [2.05, 4.69) is 13.2 Å². The Bertz CT molecular complexity index is 786. The molecule has 21 heavy (non-hydrogen) atoms. The summed E-state index contributed by atoms with van der Waals surface area (Å²) in [4.78, 5) is 19.9. The van der Waals surface area contributed by atoms with Crippen LogP contribution in [0.3, 0.4) is 0 Å². The van der Waals surface area contributed by atoms with Gasteiger partial charge < -0.3 is 0 Å². The van der Waals surface area contributed by atoms with Crippen LogP contribution in [-0.4, -0.2) is 15.3 Å². The fourth-order valence-corrected chi connectivity index (χ4v) is 4.75. The normalized spacial score (nSPS) is 13.6. The highest BCUT2D eigenvalue weighted by Crippen LogP contribution is 2.35. The van der Waals surface area contributed by atoms with E-state index in [0.717, 1.165) is 46.0 Å². The van der Waals surface area contributed by atoms with Gasteiger partial charge in [0.25, 0.3) is 5.56 Å². The number of thiophene rings is 1. The SMILES string of the molecule is C=CCSc1nc2sc3c(c2c(=O)n1CC(=C)C)CCC3. The minimum absolute atomic E-state index is 0.0916. The zero-order valence-electron chi connectivity index (χ0n) is 12.1. The molecule has 0 fully saturated rings. The van der Waals surface area contributed by atoms with E-state index in [-0.39, 0.29) is 5.56 Å². The lowest BCUT2D eigenvalue weighted by Gasteiger charge is -2.11. The number of aryl methyl sites for hydroxylation is 2. The molecule has 0 spiro atoms. The molecule has 2 heterocycles. The van der Waals surface area contributed by atoms with E-state index in [1.165, 1.54) is 10.4 Å². The molecule has 3 rings (SSSR count). The molecule has 1 aliphatic rings. The maximum Gasteiger partial charge on any atom is 0.263 e. The lowest BCUT2D eigenvalue weighted by atomic mass is 10.2. The minimum Gasteiger partial charge on any atom is -0.283 e. The fourth-order valence-electron chi connectivity index (χ4n) is 2.71. The Labute approximate surface area is 132 Å². The van der Waals surface area contributed by atoms with Gasteiger partial charge in [-0.3, -0.25) is 9.36 Å². The van der Waals surface area contributed by atoms with Crippen LogP contribution >= 0.6 is 23.1 Å². The van der Waals surface area contributed by atoms with Crippen molar-refractivity contribution in [3.63, 3.8) is 0 Å². The van der Waals surface area contributed by atoms with Gasteiger partial charge in [-0.2, -0.15) is 0 Å². The molecule has 110 valence electrons. The molecule has 5 heteroatoms. The van der Waals surface area contributed by atoms with Crippen molar-refractivity contribution in [2.24, 2.45) is 0 Å².